The van der Waals surface area contributed by atoms with Gasteiger partial charge in [-0.15, -0.1) is 11.3 Å². The minimum Gasteiger partial charge on any atom is -0.344 e. The lowest BCUT2D eigenvalue weighted by atomic mass is 9.93. The fraction of sp³-hybridized carbons (Fsp3) is 0.0175. The molecule has 0 bridgehead atoms. The van der Waals surface area contributed by atoms with Crippen LogP contribution in [0.1, 0.15) is 22.9 Å². The minimum absolute atomic E-state index is 0.329. The lowest BCUT2D eigenvalue weighted by molar-refractivity contribution is 0.674. The molecular weight excluding hydrogens is 773 g/mol. The maximum atomic E-state index is 5.43. The predicted molar refractivity (Wildman–Crippen MR) is 263 cm³/mol. The molecule has 3 heterocycles. The molecule has 2 aromatic heterocycles. The number of nitrogens with zero attached hydrogens (tertiary/aromatic N) is 3. The lowest BCUT2D eigenvalue weighted by Crippen LogP contribution is -2.33. The van der Waals surface area contributed by atoms with Crippen LogP contribution in [0, 0.1) is 0 Å². The summed E-state index contributed by atoms with van der Waals surface area (Å²) < 4.78 is 4.87. The molecule has 0 fully saturated rings. The normalized spacial score (nSPS) is 14.3. The van der Waals surface area contributed by atoms with Crippen molar-refractivity contribution < 1.29 is 0 Å². The van der Waals surface area contributed by atoms with Gasteiger partial charge in [-0.2, -0.15) is 0 Å². The van der Waals surface area contributed by atoms with Crippen LogP contribution in [-0.2, 0) is 0 Å². The lowest BCUT2D eigenvalue weighted by Gasteiger charge is -2.24. The number of fused-ring (bicyclic) bond motifs is 12. The summed E-state index contributed by atoms with van der Waals surface area (Å²) in [5, 5.41) is 16.2. The first-order valence-electron chi connectivity index (χ1n) is 21.1. The molecule has 290 valence electrons. The van der Waals surface area contributed by atoms with Crippen molar-refractivity contribution in [3.63, 3.8) is 0 Å². The number of benzene rings is 10. The Kier molecular flexibility index (Phi) is 7.81. The number of hydrogen-bond acceptors (Lipinski definition) is 4. The molecule has 10 aromatic carbocycles. The van der Waals surface area contributed by atoms with Crippen LogP contribution in [0.4, 0.5) is 0 Å². The summed E-state index contributed by atoms with van der Waals surface area (Å²) >= 11 is 1.84. The van der Waals surface area contributed by atoms with Gasteiger partial charge in [-0.05, 0) is 104 Å². The summed E-state index contributed by atoms with van der Waals surface area (Å²) in [6.07, 6.45) is -0.329. The third-order valence-corrected chi connectivity index (χ3v) is 13.7. The van der Waals surface area contributed by atoms with Crippen molar-refractivity contribution in [1.29, 1.82) is 0 Å². The number of amidine groups is 2. The molecule has 1 unspecified atom stereocenters. The highest BCUT2D eigenvalue weighted by molar-refractivity contribution is 7.26. The van der Waals surface area contributed by atoms with E-state index in [9.17, 15) is 0 Å². The average molecular weight is 809 g/mol. The first-order chi connectivity index (χ1) is 30.7. The van der Waals surface area contributed by atoms with Gasteiger partial charge in [0.2, 0.25) is 0 Å². The van der Waals surface area contributed by atoms with E-state index in [1.54, 1.807) is 0 Å². The average Bonchev–Trinajstić information content (AvgIpc) is 3.89. The molecule has 12 aromatic rings. The molecule has 1 aliphatic rings. The summed E-state index contributed by atoms with van der Waals surface area (Å²) in [7, 11) is 0. The smallest absolute Gasteiger partial charge is 0.159 e. The van der Waals surface area contributed by atoms with Gasteiger partial charge in [0.15, 0.2) is 5.84 Å². The molecule has 0 amide bonds. The molecule has 1 aliphatic heterocycles. The second-order valence-corrected chi connectivity index (χ2v) is 17.2. The summed E-state index contributed by atoms with van der Waals surface area (Å²) in [6.45, 7) is 0. The van der Waals surface area contributed by atoms with E-state index in [1.807, 2.05) is 11.3 Å². The van der Waals surface area contributed by atoms with Crippen molar-refractivity contribution in [2.75, 3.05) is 0 Å². The zero-order valence-corrected chi connectivity index (χ0v) is 34.3. The molecule has 0 saturated carbocycles. The van der Waals surface area contributed by atoms with Gasteiger partial charge < -0.3 is 9.88 Å². The van der Waals surface area contributed by atoms with E-state index in [0.29, 0.717) is 5.84 Å². The largest absolute Gasteiger partial charge is 0.344 e. The maximum Gasteiger partial charge on any atom is 0.159 e. The highest BCUT2D eigenvalue weighted by Crippen LogP contribution is 2.43. The fourth-order valence-electron chi connectivity index (χ4n) is 9.79. The van der Waals surface area contributed by atoms with E-state index in [0.717, 1.165) is 28.2 Å². The van der Waals surface area contributed by atoms with Gasteiger partial charge in [0.05, 0.1) is 11.0 Å². The summed E-state index contributed by atoms with van der Waals surface area (Å²) in [5.41, 5.74) is 8.98. The zero-order chi connectivity index (χ0) is 40.7. The van der Waals surface area contributed by atoms with Gasteiger partial charge >= 0.3 is 0 Å². The summed E-state index contributed by atoms with van der Waals surface area (Å²) in [5.74, 6) is 1.51. The van der Waals surface area contributed by atoms with Crippen molar-refractivity contribution in [2.24, 2.45) is 9.98 Å². The van der Waals surface area contributed by atoms with Gasteiger partial charge in [-0.3, -0.25) is 0 Å². The second kappa shape index (κ2) is 13.8. The highest BCUT2D eigenvalue weighted by Gasteiger charge is 2.24. The highest BCUT2D eigenvalue weighted by atomic mass is 32.1. The number of thiophene rings is 1. The molecule has 0 saturated heterocycles. The van der Waals surface area contributed by atoms with Crippen LogP contribution in [0.15, 0.2) is 216 Å². The van der Waals surface area contributed by atoms with E-state index in [2.05, 4.69) is 216 Å². The molecular formula is C57H36N4S. The number of aromatic nitrogens is 1. The van der Waals surface area contributed by atoms with Gasteiger partial charge in [-0.25, -0.2) is 9.98 Å². The molecule has 62 heavy (non-hydrogen) atoms. The minimum atomic E-state index is -0.329. The molecule has 1 N–H and O–H groups in total. The van der Waals surface area contributed by atoms with E-state index < -0.39 is 0 Å². The molecule has 1 atom stereocenters. The Hall–Kier alpha value is -7.86. The van der Waals surface area contributed by atoms with Crippen LogP contribution in [0.3, 0.4) is 0 Å². The van der Waals surface area contributed by atoms with Crippen LogP contribution in [0.25, 0.3) is 91.1 Å². The quantitative estimate of drug-likeness (QED) is 0.173. The molecule has 4 nitrogen and oxygen atoms in total. The fourth-order valence-corrected chi connectivity index (χ4v) is 11.0. The third kappa shape index (κ3) is 5.45. The van der Waals surface area contributed by atoms with Crippen molar-refractivity contribution in [2.45, 2.75) is 6.17 Å². The SMILES string of the molecule is c1ccc(C2N=C(c3ccc4c5ccccc5c5ccccc5c4c3)N=C(c3cc(-c4ccc5c(c4)c4ccccc4n5-c4ccccc4)c4c(c3)sc3ccccc34)N2)cc1. The van der Waals surface area contributed by atoms with Crippen molar-refractivity contribution >= 4 is 97.3 Å². The van der Waals surface area contributed by atoms with Crippen LogP contribution in [0.5, 0.6) is 0 Å². The first kappa shape index (κ1) is 34.9. The van der Waals surface area contributed by atoms with Gasteiger partial charge in [0, 0.05) is 47.8 Å². The second-order valence-electron chi connectivity index (χ2n) is 16.1. The molecule has 13 rings (SSSR count). The third-order valence-electron chi connectivity index (χ3n) is 12.6. The first-order valence-corrected chi connectivity index (χ1v) is 21.9. The Balaban J connectivity index is 1.03. The van der Waals surface area contributed by atoms with Crippen LogP contribution in [0.2, 0.25) is 0 Å². The van der Waals surface area contributed by atoms with E-state index in [4.69, 9.17) is 9.98 Å². The van der Waals surface area contributed by atoms with Gasteiger partial charge in [0.1, 0.15) is 12.0 Å². The summed E-state index contributed by atoms with van der Waals surface area (Å²) in [6, 6.07) is 74.5. The van der Waals surface area contributed by atoms with E-state index >= 15 is 0 Å². The van der Waals surface area contributed by atoms with Crippen LogP contribution >= 0.6 is 11.3 Å². The number of rotatable bonds is 5. The van der Waals surface area contributed by atoms with Gasteiger partial charge in [-0.1, -0.05) is 152 Å². The number of aliphatic imine (C=N–C) groups is 2. The van der Waals surface area contributed by atoms with E-state index in [-0.39, 0.29) is 6.17 Å². The Labute approximate surface area is 361 Å². The predicted octanol–water partition coefficient (Wildman–Crippen LogP) is 14.8. The van der Waals surface area contributed by atoms with Crippen molar-refractivity contribution in [1.82, 2.24) is 9.88 Å². The Morgan fingerprint density at radius 3 is 1.76 bits per heavy atom. The number of nitrogens with one attached hydrogen (secondary N) is 1. The maximum absolute atomic E-state index is 5.43. The topological polar surface area (TPSA) is 41.7 Å². The van der Waals surface area contributed by atoms with Crippen molar-refractivity contribution in [3.8, 4) is 16.8 Å². The molecule has 0 radical (unpaired) electrons. The summed E-state index contributed by atoms with van der Waals surface area (Å²) in [4.78, 5) is 10.8. The van der Waals surface area contributed by atoms with Crippen LogP contribution < -0.4 is 5.32 Å². The monoisotopic (exact) mass is 808 g/mol. The molecule has 5 heteroatoms. The Morgan fingerprint density at radius 2 is 1.00 bits per heavy atom. The van der Waals surface area contributed by atoms with E-state index in [1.165, 1.54) is 85.4 Å². The van der Waals surface area contributed by atoms with Crippen LogP contribution in [-0.4, -0.2) is 16.2 Å². The molecule has 0 spiro atoms. The Bertz CT molecular complexity index is 3800. The zero-order valence-electron chi connectivity index (χ0n) is 33.5. The standard InChI is InChI=1S/C57H36N4S/c1-3-15-35(16-4-1)55-58-56(37-27-29-44-42-21-8-7-19-40(42)41-20-9-10-22-43(41)48(44)32-37)60-57(59-55)38-33-47(54-46-24-12-14-26-52(46)62-53(54)34-38)36-28-30-51-49(31-36)45-23-11-13-25-50(45)61(51)39-17-5-2-6-18-39/h1-34,55H,(H,58,59,60). The number of para-hydroxylation sites is 2. The molecule has 0 aliphatic carbocycles. The van der Waals surface area contributed by atoms with Crippen molar-refractivity contribution in [3.05, 3.63) is 223 Å². The Morgan fingerprint density at radius 1 is 0.419 bits per heavy atom. The number of hydrogen-bond donors (Lipinski definition) is 1. The van der Waals surface area contributed by atoms with Gasteiger partial charge in [0.25, 0.3) is 0 Å².